The first-order valence-corrected chi connectivity index (χ1v) is 12.9. The van der Waals surface area contributed by atoms with E-state index in [1.165, 1.54) is 11.3 Å². The minimum Gasteiger partial charge on any atom is -0.497 e. The van der Waals surface area contributed by atoms with Gasteiger partial charge in [-0.1, -0.05) is 30.8 Å². The van der Waals surface area contributed by atoms with Crippen molar-refractivity contribution in [1.82, 2.24) is 9.97 Å². The van der Waals surface area contributed by atoms with Gasteiger partial charge in [-0.05, 0) is 48.2 Å². The fraction of sp³-hybridized carbons (Fsp3) is 0.125. The van der Waals surface area contributed by atoms with E-state index in [1.807, 2.05) is 54.6 Å². The van der Waals surface area contributed by atoms with Crippen LogP contribution in [0.25, 0.3) is 31.7 Å². The second kappa shape index (κ2) is 9.01. The van der Waals surface area contributed by atoms with Gasteiger partial charge >= 0.3 is 0 Å². The van der Waals surface area contributed by atoms with Crippen molar-refractivity contribution >= 4 is 72.2 Å². The topological polar surface area (TPSA) is 90.1 Å². The van der Waals surface area contributed by atoms with E-state index in [0.29, 0.717) is 16.3 Å². The van der Waals surface area contributed by atoms with Crippen LogP contribution in [-0.4, -0.2) is 28.7 Å². The summed E-state index contributed by atoms with van der Waals surface area (Å²) in [6.45, 7) is 2.10. The number of thiazole rings is 1. The number of methoxy groups -OCH3 is 1. The average Bonchev–Trinajstić information content (AvgIpc) is 3.39. The third kappa shape index (κ3) is 4.27. The van der Waals surface area contributed by atoms with Crippen molar-refractivity contribution in [2.45, 2.75) is 11.3 Å². The van der Waals surface area contributed by atoms with Crippen LogP contribution in [-0.2, 0) is 0 Å². The van der Waals surface area contributed by atoms with Gasteiger partial charge in [0.1, 0.15) is 15.5 Å². The number of benzene rings is 2. The molecule has 9 heteroatoms. The normalized spacial score (nSPS) is 11.2. The highest BCUT2D eigenvalue weighted by Crippen LogP contribution is 2.36. The first kappa shape index (κ1) is 21.7. The monoisotopic (exact) mass is 492 g/mol. The van der Waals surface area contributed by atoms with Gasteiger partial charge in [-0.3, -0.25) is 4.79 Å². The minimum absolute atomic E-state index is 0.245. The molecule has 3 aromatic heterocycles. The molecule has 0 bridgehead atoms. The standard InChI is InChI=1S/C24H20N4O2S3/c1-3-31-24-28-18-9-7-14(12-19(18)32-24)26-22(29)21-20(25)16-8-10-17(27-23(16)33-21)13-5-4-6-15(11-13)30-2/h4-12H,3,25H2,1-2H3,(H,26,29). The predicted molar refractivity (Wildman–Crippen MR) is 140 cm³/mol. The number of nitrogens with one attached hydrogen (secondary N) is 1. The maximum atomic E-state index is 13.0. The summed E-state index contributed by atoms with van der Waals surface area (Å²) in [6.07, 6.45) is 0. The fourth-order valence-corrected chi connectivity index (χ4v) is 6.46. The summed E-state index contributed by atoms with van der Waals surface area (Å²) in [7, 11) is 1.64. The highest BCUT2D eigenvalue weighted by molar-refractivity contribution is 8.01. The summed E-state index contributed by atoms with van der Waals surface area (Å²) in [6, 6.07) is 17.3. The summed E-state index contributed by atoms with van der Waals surface area (Å²) in [4.78, 5) is 23.6. The molecule has 0 fully saturated rings. The molecular formula is C24H20N4O2S3. The fourth-order valence-electron chi connectivity index (χ4n) is 3.46. The number of nitrogen functional groups attached to an aromatic ring is 1. The Morgan fingerprint density at radius 3 is 2.82 bits per heavy atom. The van der Waals surface area contributed by atoms with Crippen molar-refractivity contribution in [3.63, 3.8) is 0 Å². The predicted octanol–water partition coefficient (Wildman–Crippen LogP) is 6.53. The molecule has 0 aliphatic carbocycles. The Balaban J connectivity index is 1.43. The summed E-state index contributed by atoms with van der Waals surface area (Å²) in [5.41, 5.74) is 10.2. The number of nitrogens with zero attached hydrogens (tertiary/aromatic N) is 2. The number of hydrogen-bond donors (Lipinski definition) is 2. The van der Waals surface area contributed by atoms with Gasteiger partial charge in [0.25, 0.3) is 5.91 Å². The second-order valence-corrected chi connectivity index (χ2v) is 10.7. The number of thiophene rings is 1. The van der Waals surface area contributed by atoms with Gasteiger partial charge in [-0.25, -0.2) is 9.97 Å². The Labute approximate surface area is 202 Å². The van der Waals surface area contributed by atoms with Crippen molar-refractivity contribution in [1.29, 1.82) is 0 Å². The maximum Gasteiger partial charge on any atom is 0.267 e. The van der Waals surface area contributed by atoms with Crippen LogP contribution in [0.4, 0.5) is 11.4 Å². The number of anilines is 2. The lowest BCUT2D eigenvalue weighted by molar-refractivity contribution is 0.103. The SMILES string of the molecule is CCSc1nc2ccc(NC(=O)c3sc4nc(-c5cccc(OC)c5)ccc4c3N)cc2s1. The molecule has 0 aliphatic heterocycles. The van der Waals surface area contributed by atoms with E-state index in [1.54, 1.807) is 30.2 Å². The molecule has 3 N–H and O–H groups in total. The number of amides is 1. The molecule has 0 saturated heterocycles. The molecule has 5 aromatic rings. The molecule has 0 unspecified atom stereocenters. The van der Waals surface area contributed by atoms with Crippen molar-refractivity contribution in [3.8, 4) is 17.0 Å². The van der Waals surface area contributed by atoms with Crippen LogP contribution in [0.15, 0.2) is 58.9 Å². The third-order valence-electron chi connectivity index (χ3n) is 5.06. The summed E-state index contributed by atoms with van der Waals surface area (Å²) in [5, 5.41) is 3.75. The molecule has 0 saturated carbocycles. The summed E-state index contributed by atoms with van der Waals surface area (Å²) in [5.74, 6) is 1.49. The molecule has 0 radical (unpaired) electrons. The number of fused-ring (bicyclic) bond motifs is 2. The highest BCUT2D eigenvalue weighted by atomic mass is 32.2. The lowest BCUT2D eigenvalue weighted by atomic mass is 10.1. The minimum atomic E-state index is -0.245. The van der Waals surface area contributed by atoms with Gasteiger partial charge in [0.15, 0.2) is 4.34 Å². The summed E-state index contributed by atoms with van der Waals surface area (Å²) >= 11 is 4.63. The molecule has 0 atom stereocenters. The van der Waals surface area contributed by atoms with E-state index in [2.05, 4.69) is 17.2 Å². The third-order valence-corrected chi connectivity index (χ3v) is 8.22. The second-order valence-electron chi connectivity index (χ2n) is 7.18. The van der Waals surface area contributed by atoms with Gasteiger partial charge in [0.2, 0.25) is 0 Å². The van der Waals surface area contributed by atoms with Crippen LogP contribution in [0, 0.1) is 0 Å². The van der Waals surface area contributed by atoms with Crippen molar-refractivity contribution < 1.29 is 9.53 Å². The Kier molecular flexibility index (Phi) is 5.92. The largest absolute Gasteiger partial charge is 0.497 e. The molecule has 1 amide bonds. The van der Waals surface area contributed by atoms with Crippen LogP contribution >= 0.6 is 34.4 Å². The number of hydrogen-bond acceptors (Lipinski definition) is 8. The van der Waals surface area contributed by atoms with Gasteiger partial charge in [-0.15, -0.1) is 22.7 Å². The number of carbonyl (C=O) groups excluding carboxylic acids is 1. The van der Waals surface area contributed by atoms with Crippen LogP contribution in [0.3, 0.4) is 0 Å². The van der Waals surface area contributed by atoms with Crippen molar-refractivity contribution in [3.05, 3.63) is 59.5 Å². The number of rotatable bonds is 6. The summed E-state index contributed by atoms with van der Waals surface area (Å²) < 4.78 is 7.38. The number of carbonyl (C=O) groups is 1. The van der Waals surface area contributed by atoms with Gasteiger partial charge in [0.05, 0.1) is 28.7 Å². The lowest BCUT2D eigenvalue weighted by Crippen LogP contribution is -2.11. The molecule has 0 spiro atoms. The Morgan fingerprint density at radius 2 is 2.00 bits per heavy atom. The number of ether oxygens (including phenoxy) is 1. The van der Waals surface area contributed by atoms with Gasteiger partial charge in [-0.2, -0.15) is 0 Å². The molecular weight excluding hydrogens is 472 g/mol. The van der Waals surface area contributed by atoms with E-state index >= 15 is 0 Å². The molecule has 6 nitrogen and oxygen atoms in total. The van der Waals surface area contributed by atoms with Crippen LogP contribution in [0.1, 0.15) is 16.6 Å². The zero-order chi connectivity index (χ0) is 22.9. The number of thioether (sulfide) groups is 1. The smallest absolute Gasteiger partial charge is 0.267 e. The zero-order valence-corrected chi connectivity index (χ0v) is 20.4. The van der Waals surface area contributed by atoms with Crippen LogP contribution in [0.5, 0.6) is 5.75 Å². The first-order chi connectivity index (χ1) is 16.1. The van der Waals surface area contributed by atoms with Crippen molar-refractivity contribution in [2.24, 2.45) is 0 Å². The average molecular weight is 493 g/mol. The van der Waals surface area contributed by atoms with E-state index in [0.717, 1.165) is 47.5 Å². The number of nitrogens with two attached hydrogens (primary N) is 1. The molecule has 0 aliphatic rings. The van der Waals surface area contributed by atoms with E-state index < -0.39 is 0 Å². The van der Waals surface area contributed by atoms with Crippen LogP contribution in [0.2, 0.25) is 0 Å². The first-order valence-electron chi connectivity index (χ1n) is 10.2. The Hall–Kier alpha value is -3.14. The van der Waals surface area contributed by atoms with Gasteiger partial charge in [0, 0.05) is 16.6 Å². The van der Waals surface area contributed by atoms with E-state index in [9.17, 15) is 4.79 Å². The zero-order valence-electron chi connectivity index (χ0n) is 17.9. The molecule has 33 heavy (non-hydrogen) atoms. The Morgan fingerprint density at radius 1 is 1.12 bits per heavy atom. The van der Waals surface area contributed by atoms with Crippen molar-refractivity contribution in [2.75, 3.05) is 23.9 Å². The van der Waals surface area contributed by atoms with E-state index in [4.69, 9.17) is 15.5 Å². The van der Waals surface area contributed by atoms with E-state index in [-0.39, 0.29) is 5.91 Å². The highest BCUT2D eigenvalue weighted by Gasteiger charge is 2.18. The Bertz CT molecular complexity index is 1490. The van der Waals surface area contributed by atoms with Crippen LogP contribution < -0.4 is 15.8 Å². The van der Waals surface area contributed by atoms with Gasteiger partial charge < -0.3 is 15.8 Å². The molecule has 5 rings (SSSR count). The molecule has 166 valence electrons. The number of pyridine rings is 1. The molecule has 2 aromatic carbocycles. The lowest BCUT2D eigenvalue weighted by Gasteiger charge is -2.04. The quantitative estimate of drug-likeness (QED) is 0.262. The number of aromatic nitrogens is 2. The maximum absolute atomic E-state index is 13.0. The molecule has 3 heterocycles.